The molecule has 0 radical (unpaired) electrons. The van der Waals surface area contributed by atoms with Crippen molar-refractivity contribution in [2.45, 2.75) is 116 Å². The summed E-state index contributed by atoms with van der Waals surface area (Å²) in [7, 11) is 0. The molecule has 1 aliphatic heterocycles. The van der Waals surface area contributed by atoms with Crippen molar-refractivity contribution in [1.82, 2.24) is 9.97 Å². The predicted molar refractivity (Wildman–Crippen MR) is 178 cm³/mol. The van der Waals surface area contributed by atoms with Crippen molar-refractivity contribution in [3.8, 4) is 17.4 Å². The van der Waals surface area contributed by atoms with Crippen molar-refractivity contribution < 1.29 is 61.4 Å². The van der Waals surface area contributed by atoms with Gasteiger partial charge in [0.15, 0.2) is 23.7 Å². The first-order chi connectivity index (χ1) is 24.6. The third-order valence-electron chi connectivity index (χ3n) is 8.33. The summed E-state index contributed by atoms with van der Waals surface area (Å²) < 4.78 is 65.3. The second-order valence-corrected chi connectivity index (χ2v) is 13.2. The number of halogens is 2. The maximum absolute atomic E-state index is 13.2. The molecule has 1 aromatic carbocycles. The van der Waals surface area contributed by atoms with Gasteiger partial charge in [-0.15, -0.1) is 0 Å². The molecule has 0 amide bonds. The minimum absolute atomic E-state index is 0.0653. The highest BCUT2D eigenvalue weighted by Crippen LogP contribution is 2.39. The molecule has 52 heavy (non-hydrogen) atoms. The quantitative estimate of drug-likeness (QED) is 0.172. The van der Waals surface area contributed by atoms with Crippen LogP contribution in [0.1, 0.15) is 82.7 Å². The maximum Gasteiger partial charge on any atom is 0.387 e. The fourth-order valence-electron chi connectivity index (χ4n) is 5.81. The minimum atomic E-state index is -3.03. The molecule has 280 valence electrons. The first-order valence-electron chi connectivity index (χ1n) is 16.8. The summed E-state index contributed by atoms with van der Waals surface area (Å²) in [5.74, 6) is -2.19. The van der Waals surface area contributed by atoms with Crippen LogP contribution in [0.15, 0.2) is 54.9 Å². The molecule has 2 unspecified atom stereocenters. The van der Waals surface area contributed by atoms with E-state index in [-0.39, 0.29) is 29.4 Å². The molecular formula is C37H42F2N2O11. The summed E-state index contributed by atoms with van der Waals surface area (Å²) in [6.07, 6.45) is -0.585. The summed E-state index contributed by atoms with van der Waals surface area (Å²) in [6.45, 7) is 5.36. The van der Waals surface area contributed by atoms with Crippen molar-refractivity contribution >= 4 is 17.9 Å². The lowest BCUT2D eigenvalue weighted by Gasteiger charge is -2.43. The Morgan fingerprint density at radius 1 is 0.846 bits per heavy atom. The Bertz CT molecular complexity index is 1710. The van der Waals surface area contributed by atoms with E-state index < -0.39 is 60.8 Å². The average molecular weight is 729 g/mol. The van der Waals surface area contributed by atoms with Crippen LogP contribution in [0.2, 0.25) is 0 Å². The molecule has 0 bridgehead atoms. The molecule has 1 aliphatic carbocycles. The zero-order chi connectivity index (χ0) is 37.7. The number of ether oxygens (including phenoxy) is 7. The standard InChI is InChI=1S/C37H42F2N2O11/c1-19-32(47-20(2)42)33(48-21(3)43)34(49-22(4)44)35(46-19)52-31-14-7-23(17-41-31)15-27(25-9-13-30(40-18-25)37(5,6)45)24-8-12-28(51-36(38)39)29(16-24)50-26-10-11-26/h7-9,12-14,16-19,26-27,32-36,45H,10-11,15H2,1-6H3/t19?,27-,32+,33?,34+,35-/m0/s1. The van der Waals surface area contributed by atoms with Crippen molar-refractivity contribution in [2.24, 2.45) is 0 Å². The fourth-order valence-corrected chi connectivity index (χ4v) is 5.81. The molecule has 6 atom stereocenters. The third-order valence-corrected chi connectivity index (χ3v) is 8.33. The highest BCUT2D eigenvalue weighted by atomic mass is 19.3. The van der Waals surface area contributed by atoms with E-state index in [0.29, 0.717) is 12.1 Å². The number of aliphatic hydroxyl groups is 1. The van der Waals surface area contributed by atoms with E-state index in [1.165, 1.54) is 26.8 Å². The molecule has 15 heteroatoms. The number of hydrogen-bond acceptors (Lipinski definition) is 13. The summed E-state index contributed by atoms with van der Waals surface area (Å²) in [5.41, 5.74) is 1.58. The second kappa shape index (κ2) is 16.2. The fraction of sp³-hybridized carbons (Fsp3) is 0.486. The molecule has 5 rings (SSSR count). The summed E-state index contributed by atoms with van der Waals surface area (Å²) >= 11 is 0. The largest absolute Gasteiger partial charge is 0.487 e. The van der Waals surface area contributed by atoms with E-state index in [2.05, 4.69) is 9.97 Å². The number of aromatic nitrogens is 2. The number of carbonyl (C=O) groups excluding carboxylic acids is 3. The number of nitrogens with zero attached hydrogens (tertiary/aromatic N) is 2. The normalized spacial score (nSPS) is 22.2. The molecule has 1 saturated heterocycles. The second-order valence-electron chi connectivity index (χ2n) is 13.2. The molecule has 3 heterocycles. The first kappa shape index (κ1) is 38.3. The number of carbonyl (C=O) groups is 3. The van der Waals surface area contributed by atoms with E-state index in [0.717, 1.165) is 29.5 Å². The Labute approximate surface area is 299 Å². The number of alkyl halides is 2. The van der Waals surface area contributed by atoms with Crippen molar-refractivity contribution in [3.05, 3.63) is 77.2 Å². The van der Waals surface area contributed by atoms with Gasteiger partial charge in [0.1, 0.15) is 5.60 Å². The van der Waals surface area contributed by atoms with Crippen LogP contribution in [0, 0.1) is 0 Å². The lowest BCUT2D eigenvalue weighted by molar-refractivity contribution is -0.280. The van der Waals surface area contributed by atoms with Crippen LogP contribution in [0.3, 0.4) is 0 Å². The molecule has 0 spiro atoms. The van der Waals surface area contributed by atoms with Crippen LogP contribution >= 0.6 is 0 Å². The van der Waals surface area contributed by atoms with Crippen LogP contribution < -0.4 is 14.2 Å². The molecule has 1 N–H and O–H groups in total. The van der Waals surface area contributed by atoms with Crippen molar-refractivity contribution in [3.63, 3.8) is 0 Å². The Balaban J connectivity index is 1.42. The number of esters is 3. The average Bonchev–Trinajstić information content (AvgIpc) is 3.88. The van der Waals surface area contributed by atoms with Crippen LogP contribution in [-0.4, -0.2) is 76.4 Å². The van der Waals surface area contributed by atoms with Gasteiger partial charge in [0.05, 0.1) is 17.9 Å². The zero-order valence-electron chi connectivity index (χ0n) is 29.6. The van der Waals surface area contributed by atoms with Gasteiger partial charge in [-0.3, -0.25) is 19.4 Å². The molecule has 2 fully saturated rings. The molecule has 2 aliphatic rings. The zero-order valence-corrected chi connectivity index (χ0v) is 29.6. The van der Waals surface area contributed by atoms with Gasteiger partial charge in [-0.05, 0) is 74.9 Å². The summed E-state index contributed by atoms with van der Waals surface area (Å²) in [4.78, 5) is 44.9. The predicted octanol–water partition coefficient (Wildman–Crippen LogP) is 5.14. The number of hydrogen-bond donors (Lipinski definition) is 1. The van der Waals surface area contributed by atoms with E-state index >= 15 is 0 Å². The maximum atomic E-state index is 13.2. The summed E-state index contributed by atoms with van der Waals surface area (Å²) in [6, 6.07) is 11.8. The molecule has 13 nitrogen and oxygen atoms in total. The molecule has 3 aromatic rings. The van der Waals surface area contributed by atoms with Gasteiger partial charge in [0.25, 0.3) is 0 Å². The topological polar surface area (TPSA) is 162 Å². The Morgan fingerprint density at radius 2 is 1.50 bits per heavy atom. The van der Waals surface area contributed by atoms with E-state index in [1.807, 2.05) is 6.07 Å². The highest BCUT2D eigenvalue weighted by Gasteiger charge is 2.51. The van der Waals surface area contributed by atoms with Gasteiger partial charge in [0.2, 0.25) is 18.3 Å². The monoisotopic (exact) mass is 728 g/mol. The van der Waals surface area contributed by atoms with E-state index in [4.69, 9.17) is 33.2 Å². The number of benzene rings is 1. The highest BCUT2D eigenvalue weighted by molar-refractivity contribution is 5.68. The first-order valence-corrected chi connectivity index (χ1v) is 16.8. The van der Waals surface area contributed by atoms with E-state index in [1.54, 1.807) is 63.5 Å². The Kier molecular flexibility index (Phi) is 11.9. The van der Waals surface area contributed by atoms with Crippen molar-refractivity contribution in [1.29, 1.82) is 0 Å². The van der Waals surface area contributed by atoms with Crippen LogP contribution in [0.25, 0.3) is 0 Å². The smallest absolute Gasteiger partial charge is 0.387 e. The Morgan fingerprint density at radius 3 is 2.06 bits per heavy atom. The third kappa shape index (κ3) is 10.1. The van der Waals surface area contributed by atoms with E-state index in [9.17, 15) is 28.3 Å². The van der Waals surface area contributed by atoms with Gasteiger partial charge in [-0.1, -0.05) is 18.2 Å². The number of rotatable bonds is 14. The van der Waals surface area contributed by atoms with Gasteiger partial charge in [-0.25, -0.2) is 4.98 Å². The van der Waals surface area contributed by atoms with Gasteiger partial charge >= 0.3 is 24.5 Å². The molecular weight excluding hydrogens is 686 g/mol. The van der Waals surface area contributed by atoms with Crippen molar-refractivity contribution in [2.75, 3.05) is 0 Å². The number of pyridine rings is 2. The SMILES string of the molecule is CC(=O)OC1[C@H](OC(C)=O)C(C)O[C@@H](Oc2ccc(C[C@H](c3ccc(C(C)(C)O)nc3)c3ccc(OC(F)F)c(OC4CC4)c3)cn2)[C@@H]1OC(C)=O. The molecule has 2 aromatic heterocycles. The molecule has 1 saturated carbocycles. The van der Waals surface area contributed by atoms with Crippen LogP contribution in [-0.2, 0) is 45.4 Å². The lowest BCUT2D eigenvalue weighted by atomic mass is 9.86. The Hall–Kier alpha value is -4.89. The van der Waals surface area contributed by atoms with Gasteiger partial charge in [0, 0.05) is 45.1 Å². The van der Waals surface area contributed by atoms with Gasteiger partial charge < -0.3 is 38.3 Å². The van der Waals surface area contributed by atoms with Crippen LogP contribution in [0.5, 0.6) is 17.4 Å². The van der Waals surface area contributed by atoms with Gasteiger partial charge in [-0.2, -0.15) is 8.78 Å². The minimum Gasteiger partial charge on any atom is -0.487 e. The lowest BCUT2D eigenvalue weighted by Crippen LogP contribution is -2.62. The van der Waals surface area contributed by atoms with Crippen LogP contribution in [0.4, 0.5) is 8.78 Å². The summed E-state index contributed by atoms with van der Waals surface area (Å²) in [5, 5.41) is 10.5.